The van der Waals surface area contributed by atoms with Crippen LogP contribution in [0.15, 0.2) is 47.6 Å². The summed E-state index contributed by atoms with van der Waals surface area (Å²) in [6.07, 6.45) is 2.52. The van der Waals surface area contributed by atoms with Gasteiger partial charge in [-0.3, -0.25) is 4.79 Å². The van der Waals surface area contributed by atoms with Crippen molar-refractivity contribution in [2.75, 3.05) is 25.4 Å². The molecule has 1 N–H and O–H groups in total. The minimum absolute atomic E-state index is 0.0349. The number of fused-ring (bicyclic) bond motifs is 1. The van der Waals surface area contributed by atoms with Crippen molar-refractivity contribution in [2.24, 2.45) is 5.10 Å². The molecule has 2 aliphatic heterocycles. The monoisotopic (exact) mass is 557 g/mol. The predicted molar refractivity (Wildman–Crippen MR) is 151 cm³/mol. The van der Waals surface area contributed by atoms with Crippen molar-refractivity contribution in [3.05, 3.63) is 53.6 Å². The van der Waals surface area contributed by atoms with Crippen molar-refractivity contribution < 1.29 is 18.0 Å². The van der Waals surface area contributed by atoms with Crippen molar-refractivity contribution in [1.29, 1.82) is 0 Å². The maximum absolute atomic E-state index is 13.4. The first-order valence-electron chi connectivity index (χ1n) is 13.7. The van der Waals surface area contributed by atoms with Crippen molar-refractivity contribution >= 4 is 33.7 Å². The number of piperidine rings is 1. The minimum atomic E-state index is -4.42. The Hall–Kier alpha value is -2.85. The van der Waals surface area contributed by atoms with E-state index in [-0.39, 0.29) is 11.2 Å². The highest BCUT2D eigenvalue weighted by atomic mass is 32.2. The van der Waals surface area contributed by atoms with Gasteiger partial charge in [0.15, 0.2) is 0 Å². The Bertz CT molecular complexity index is 1350. The van der Waals surface area contributed by atoms with E-state index in [0.717, 1.165) is 60.2 Å². The first-order valence-corrected chi connectivity index (χ1v) is 14.7. The molecule has 1 fully saturated rings. The van der Waals surface area contributed by atoms with E-state index in [1.54, 1.807) is 6.07 Å². The Morgan fingerprint density at radius 3 is 2.62 bits per heavy atom. The number of hydrogen-bond acceptors (Lipinski definition) is 5. The average Bonchev–Trinajstić information content (AvgIpc) is 3.32. The Morgan fingerprint density at radius 1 is 1.08 bits per heavy atom. The number of imidazole rings is 1. The van der Waals surface area contributed by atoms with Gasteiger partial charge in [0, 0.05) is 23.8 Å². The van der Waals surface area contributed by atoms with E-state index in [2.05, 4.69) is 21.5 Å². The number of nitrogens with one attached hydrogen (secondary N) is 1. The number of rotatable bonds is 9. The second-order valence-corrected chi connectivity index (χ2v) is 11.2. The highest BCUT2D eigenvalue weighted by Crippen LogP contribution is 2.35. The maximum Gasteiger partial charge on any atom is 0.416 e. The quantitative estimate of drug-likeness (QED) is 0.281. The van der Waals surface area contributed by atoms with Gasteiger partial charge >= 0.3 is 6.18 Å². The van der Waals surface area contributed by atoms with Crippen molar-refractivity contribution in [1.82, 2.24) is 19.9 Å². The molecule has 0 bridgehead atoms. The van der Waals surface area contributed by atoms with Crippen molar-refractivity contribution in [3.8, 4) is 11.4 Å². The second kappa shape index (κ2) is 12.1. The van der Waals surface area contributed by atoms with Gasteiger partial charge in [0.05, 0.1) is 22.3 Å². The highest BCUT2D eigenvalue weighted by Gasteiger charge is 2.31. The number of aromatic nitrogens is 2. The normalized spacial score (nSPS) is 17.7. The number of aryl methyl sites for hydroxylation is 1. The molecular weight excluding hydrogens is 523 g/mol. The fraction of sp³-hybridized carbons (Fsp3) is 0.483. The fourth-order valence-electron chi connectivity index (χ4n) is 5.63. The van der Waals surface area contributed by atoms with Crippen LogP contribution in [0.2, 0.25) is 0 Å². The first-order chi connectivity index (χ1) is 18.8. The van der Waals surface area contributed by atoms with Gasteiger partial charge in [0.25, 0.3) is 5.24 Å². The molecule has 10 heteroatoms. The predicted octanol–water partition coefficient (Wildman–Crippen LogP) is 7.29. The van der Waals surface area contributed by atoms with Crippen molar-refractivity contribution in [3.63, 3.8) is 0 Å². The number of likely N-dealkylation sites (tertiary alicyclic amines) is 1. The summed E-state index contributed by atoms with van der Waals surface area (Å²) in [6, 6.07) is 11.5. The van der Waals surface area contributed by atoms with Gasteiger partial charge in [-0.15, -0.1) is 0 Å². The third kappa shape index (κ3) is 6.49. The molecule has 0 saturated carbocycles. The number of hydrazone groups is 1. The number of unbranched alkanes of at least 4 members (excludes halogenated alkanes) is 1. The van der Waals surface area contributed by atoms with Gasteiger partial charge in [-0.2, -0.15) is 18.3 Å². The number of carbonyl (C=O) groups is 1. The summed E-state index contributed by atoms with van der Waals surface area (Å²) in [6.45, 7) is 6.02. The molecule has 39 heavy (non-hydrogen) atoms. The van der Waals surface area contributed by atoms with Crippen LogP contribution >= 0.6 is 11.8 Å². The lowest BCUT2D eigenvalue weighted by atomic mass is 9.89. The number of benzene rings is 2. The minimum Gasteiger partial charge on any atom is -0.324 e. The zero-order chi connectivity index (χ0) is 27.4. The Kier molecular flexibility index (Phi) is 8.61. The lowest BCUT2D eigenvalue weighted by Gasteiger charge is -2.27. The number of nitrogens with zero attached hydrogens (tertiary/aromatic N) is 4. The van der Waals surface area contributed by atoms with Gasteiger partial charge in [0.1, 0.15) is 5.82 Å². The second-order valence-electron chi connectivity index (χ2n) is 10.2. The van der Waals surface area contributed by atoms with Crippen LogP contribution in [0.25, 0.3) is 22.4 Å². The first kappa shape index (κ1) is 27.7. The number of alkyl halides is 3. The van der Waals surface area contributed by atoms with Crippen LogP contribution in [-0.2, 0) is 12.7 Å². The van der Waals surface area contributed by atoms with E-state index in [1.165, 1.54) is 50.2 Å². The number of amides is 1. The summed E-state index contributed by atoms with van der Waals surface area (Å²) in [4.78, 5) is 19.1. The topological polar surface area (TPSA) is 62.5 Å². The molecule has 6 nitrogen and oxygen atoms in total. The lowest BCUT2D eigenvalue weighted by Crippen LogP contribution is -2.30. The van der Waals surface area contributed by atoms with E-state index >= 15 is 0 Å². The van der Waals surface area contributed by atoms with Crippen LogP contribution in [0, 0.1) is 0 Å². The molecule has 1 unspecified atom stereocenters. The van der Waals surface area contributed by atoms with Crippen LogP contribution in [0.3, 0.4) is 0 Å². The summed E-state index contributed by atoms with van der Waals surface area (Å²) < 4.78 is 42.1. The van der Waals surface area contributed by atoms with Crippen LogP contribution in [0.1, 0.15) is 62.5 Å². The number of carbonyl (C=O) groups excluding carboxylic acids is 1. The zero-order valence-corrected chi connectivity index (χ0v) is 23.0. The van der Waals surface area contributed by atoms with Gasteiger partial charge in [-0.05, 0) is 82.1 Å². The third-order valence-electron chi connectivity index (χ3n) is 7.65. The molecule has 0 spiro atoms. The summed E-state index contributed by atoms with van der Waals surface area (Å²) >= 11 is 1.22. The van der Waals surface area contributed by atoms with Gasteiger partial charge in [-0.25, -0.2) is 10.4 Å². The molecular formula is C29H34F3N5OS. The standard InChI is InChI=1S/C29H34F3N5OS/c1-2-37-26-13-12-20(18-24(26)33-27(37)21-9-8-10-22(17-21)29(30,31)32)23(25-19-39-28(38)35-34-25)11-4-7-16-36-14-5-3-6-15-36/h8-10,12-13,17-18,23H,2-7,11,14-16,19H2,1H3,(H,35,38). The Morgan fingerprint density at radius 2 is 1.90 bits per heavy atom. The number of hydrogen-bond donors (Lipinski definition) is 1. The number of thioether (sulfide) groups is 1. The van der Waals surface area contributed by atoms with E-state index in [9.17, 15) is 18.0 Å². The molecule has 208 valence electrons. The molecule has 3 heterocycles. The van der Waals surface area contributed by atoms with Crippen LogP contribution in [0.4, 0.5) is 18.0 Å². The summed E-state index contributed by atoms with van der Waals surface area (Å²) in [5.41, 5.74) is 5.99. The van der Waals surface area contributed by atoms with Gasteiger partial charge in [0.2, 0.25) is 0 Å². The molecule has 0 aliphatic carbocycles. The summed E-state index contributed by atoms with van der Waals surface area (Å²) in [5.74, 6) is 1.10. The molecule has 1 amide bonds. The maximum atomic E-state index is 13.4. The molecule has 1 aromatic heterocycles. The molecule has 2 aliphatic rings. The van der Waals surface area contributed by atoms with E-state index < -0.39 is 11.7 Å². The van der Waals surface area contributed by atoms with Crippen LogP contribution in [-0.4, -0.2) is 50.8 Å². The zero-order valence-electron chi connectivity index (χ0n) is 22.1. The smallest absolute Gasteiger partial charge is 0.324 e. The average molecular weight is 558 g/mol. The Balaban J connectivity index is 1.42. The van der Waals surface area contributed by atoms with Crippen LogP contribution < -0.4 is 5.43 Å². The lowest BCUT2D eigenvalue weighted by molar-refractivity contribution is -0.137. The van der Waals surface area contributed by atoms with Gasteiger partial charge < -0.3 is 9.47 Å². The van der Waals surface area contributed by atoms with Gasteiger partial charge in [-0.1, -0.05) is 42.8 Å². The molecule has 3 aromatic rings. The van der Waals surface area contributed by atoms with E-state index in [1.807, 2.05) is 23.6 Å². The molecule has 0 radical (unpaired) electrons. The molecule has 1 atom stereocenters. The van der Waals surface area contributed by atoms with E-state index in [4.69, 9.17) is 4.98 Å². The summed E-state index contributed by atoms with van der Waals surface area (Å²) in [7, 11) is 0. The van der Waals surface area contributed by atoms with E-state index in [0.29, 0.717) is 23.7 Å². The Labute approximate surface area is 231 Å². The largest absolute Gasteiger partial charge is 0.416 e. The summed E-state index contributed by atoms with van der Waals surface area (Å²) in [5, 5.41) is 4.26. The third-order valence-corrected chi connectivity index (χ3v) is 8.44. The molecule has 1 saturated heterocycles. The molecule has 2 aromatic carbocycles. The fourth-order valence-corrected chi connectivity index (χ4v) is 6.29. The highest BCUT2D eigenvalue weighted by molar-refractivity contribution is 8.14. The SMILES string of the molecule is CCn1c(-c2cccc(C(F)(F)F)c2)nc2cc(C(CCCCN3CCCCC3)C3=NNC(=O)SC3)ccc21. The molecule has 5 rings (SSSR count). The van der Waals surface area contributed by atoms with Crippen LogP contribution in [0.5, 0.6) is 0 Å². The van der Waals surface area contributed by atoms with Crippen molar-refractivity contribution in [2.45, 2.75) is 64.1 Å². The number of halogens is 3.